The molecule has 2 N–H and O–H groups in total. The van der Waals surface area contributed by atoms with Crippen molar-refractivity contribution in [2.24, 2.45) is 0 Å². The fourth-order valence-corrected chi connectivity index (χ4v) is 4.00. The Morgan fingerprint density at radius 3 is 2.07 bits per heavy atom. The molecule has 0 fully saturated rings. The number of hydrogen-bond donors (Lipinski definition) is 2. The smallest absolute Gasteiger partial charge is 0.340 e. The van der Waals surface area contributed by atoms with Gasteiger partial charge in [0.1, 0.15) is 23.0 Å². The minimum Gasteiger partial charge on any atom is -0.508 e. The Balaban J connectivity index is 1.90. The summed E-state index contributed by atoms with van der Waals surface area (Å²) in [5, 5.41) is 19.8. The van der Waals surface area contributed by atoms with Crippen LogP contribution in [0.2, 0.25) is 0 Å². The van der Waals surface area contributed by atoms with Crippen molar-refractivity contribution in [1.82, 2.24) is 0 Å². The van der Waals surface area contributed by atoms with Crippen LogP contribution in [0.1, 0.15) is 32.6 Å². The number of phenols is 2. The number of carbonyl (C=O) groups is 1. The van der Waals surface area contributed by atoms with Gasteiger partial charge in [0.2, 0.25) is 0 Å². The third kappa shape index (κ3) is 2.09. The number of hydrogen-bond acceptors (Lipinski definition) is 5. The van der Waals surface area contributed by atoms with E-state index in [2.05, 4.69) is 0 Å². The van der Waals surface area contributed by atoms with Crippen molar-refractivity contribution < 1.29 is 24.5 Å². The molecule has 3 aromatic carbocycles. The highest BCUT2D eigenvalue weighted by atomic mass is 35.5. The van der Waals surface area contributed by atoms with Crippen molar-refractivity contribution in [2.75, 3.05) is 0 Å². The highest BCUT2D eigenvalue weighted by Crippen LogP contribution is 2.57. The zero-order valence-corrected chi connectivity index (χ0v) is 14.7. The lowest BCUT2D eigenvalue weighted by atomic mass is 9.77. The van der Waals surface area contributed by atoms with E-state index >= 15 is 0 Å². The van der Waals surface area contributed by atoms with Crippen LogP contribution in [0, 0.1) is 0 Å². The van der Waals surface area contributed by atoms with E-state index in [9.17, 15) is 15.0 Å². The van der Waals surface area contributed by atoms with E-state index < -0.39 is 11.6 Å². The largest absolute Gasteiger partial charge is 0.508 e. The van der Waals surface area contributed by atoms with Gasteiger partial charge < -0.3 is 19.7 Å². The highest BCUT2D eigenvalue weighted by molar-refractivity contribution is 6.17. The van der Waals surface area contributed by atoms with Gasteiger partial charge in [-0.05, 0) is 42.0 Å². The molecular formula is C21H13ClO5. The Morgan fingerprint density at radius 2 is 1.48 bits per heavy atom. The second kappa shape index (κ2) is 5.41. The molecule has 0 radical (unpaired) electrons. The van der Waals surface area contributed by atoms with Crippen LogP contribution in [0.25, 0.3) is 0 Å². The molecule has 2 aliphatic heterocycles. The van der Waals surface area contributed by atoms with Gasteiger partial charge in [0.15, 0.2) is 5.60 Å². The van der Waals surface area contributed by atoms with Gasteiger partial charge in [-0.15, -0.1) is 11.6 Å². The molecule has 0 bridgehead atoms. The lowest BCUT2D eigenvalue weighted by Gasteiger charge is -2.36. The molecule has 0 unspecified atom stereocenters. The lowest BCUT2D eigenvalue weighted by Crippen LogP contribution is -2.33. The number of alkyl halides is 1. The van der Waals surface area contributed by atoms with Gasteiger partial charge in [-0.2, -0.15) is 0 Å². The van der Waals surface area contributed by atoms with Crippen LogP contribution >= 0.6 is 11.6 Å². The van der Waals surface area contributed by atoms with Crippen molar-refractivity contribution in [1.29, 1.82) is 0 Å². The number of benzene rings is 3. The molecule has 27 heavy (non-hydrogen) atoms. The normalized spacial score (nSPS) is 15.5. The van der Waals surface area contributed by atoms with E-state index in [4.69, 9.17) is 21.1 Å². The Morgan fingerprint density at radius 1 is 0.852 bits per heavy atom. The van der Waals surface area contributed by atoms with Crippen LogP contribution in [0.5, 0.6) is 23.0 Å². The topological polar surface area (TPSA) is 76.0 Å². The number of phenolic OH excluding ortho intramolecular Hbond substituents is 2. The molecule has 0 aliphatic carbocycles. The molecule has 5 rings (SSSR count). The number of fused-ring (bicyclic) bond motifs is 6. The second-order valence-corrected chi connectivity index (χ2v) is 6.81. The van der Waals surface area contributed by atoms with E-state index in [-0.39, 0.29) is 11.5 Å². The molecule has 0 saturated carbocycles. The standard InChI is InChI=1S/C21H13ClO5/c22-10-11-1-4-14-17(7-11)21(27-20(14)25)15-5-2-12(23)8-18(15)26-19-9-13(24)3-6-16(19)21/h1-9,23-24H,10H2. The van der Waals surface area contributed by atoms with Crippen LogP contribution in [-0.2, 0) is 16.2 Å². The Labute approximate surface area is 159 Å². The minimum absolute atomic E-state index is 0.0200. The Hall–Kier alpha value is -3.18. The maximum absolute atomic E-state index is 12.7. The summed E-state index contributed by atoms with van der Waals surface area (Å²) >= 11 is 6.02. The molecule has 0 saturated heterocycles. The SMILES string of the molecule is O=C1OC2(c3ccc(O)cc3Oc3cc(O)ccc32)c2cc(CCl)ccc21. The number of esters is 1. The molecule has 5 nitrogen and oxygen atoms in total. The van der Waals surface area contributed by atoms with Crippen molar-refractivity contribution >= 4 is 17.6 Å². The van der Waals surface area contributed by atoms with Crippen molar-refractivity contribution in [2.45, 2.75) is 11.5 Å². The van der Waals surface area contributed by atoms with Crippen LogP contribution in [0.4, 0.5) is 0 Å². The van der Waals surface area contributed by atoms with Crippen LogP contribution in [0.15, 0.2) is 54.6 Å². The first-order valence-electron chi connectivity index (χ1n) is 8.30. The van der Waals surface area contributed by atoms with Gasteiger partial charge in [0, 0.05) is 34.7 Å². The maximum atomic E-state index is 12.7. The number of ether oxygens (including phenoxy) is 2. The van der Waals surface area contributed by atoms with E-state index in [1.807, 2.05) is 6.07 Å². The van der Waals surface area contributed by atoms with Crippen molar-refractivity contribution in [3.8, 4) is 23.0 Å². The molecule has 0 amide bonds. The van der Waals surface area contributed by atoms with E-state index in [0.29, 0.717) is 39.6 Å². The number of halogens is 1. The molecule has 0 aromatic heterocycles. The Bertz CT molecular complexity index is 1070. The zero-order valence-electron chi connectivity index (χ0n) is 13.9. The average Bonchev–Trinajstić information content (AvgIpc) is 2.94. The second-order valence-electron chi connectivity index (χ2n) is 6.55. The van der Waals surface area contributed by atoms with E-state index in [0.717, 1.165) is 5.56 Å². The monoisotopic (exact) mass is 380 g/mol. The zero-order chi connectivity index (χ0) is 18.8. The average molecular weight is 381 g/mol. The molecule has 3 aromatic rings. The van der Waals surface area contributed by atoms with Gasteiger partial charge >= 0.3 is 5.97 Å². The molecule has 2 heterocycles. The van der Waals surface area contributed by atoms with Gasteiger partial charge in [0.05, 0.1) is 5.56 Å². The summed E-state index contributed by atoms with van der Waals surface area (Å²) in [6, 6.07) is 14.7. The predicted molar refractivity (Wildman–Crippen MR) is 97.6 cm³/mol. The number of rotatable bonds is 1. The Kier molecular flexibility index (Phi) is 3.21. The van der Waals surface area contributed by atoms with Gasteiger partial charge in [-0.3, -0.25) is 0 Å². The molecule has 1 spiro atoms. The lowest BCUT2D eigenvalue weighted by molar-refractivity contribution is 0.0224. The highest BCUT2D eigenvalue weighted by Gasteiger charge is 2.53. The van der Waals surface area contributed by atoms with E-state index in [1.54, 1.807) is 24.3 Å². The number of carbonyl (C=O) groups excluding carboxylic acids is 1. The first-order chi connectivity index (χ1) is 13.0. The third-order valence-electron chi connectivity index (χ3n) is 4.99. The van der Waals surface area contributed by atoms with Crippen molar-refractivity contribution in [3.05, 3.63) is 82.4 Å². The molecule has 0 atom stereocenters. The van der Waals surface area contributed by atoms with Gasteiger partial charge in [-0.1, -0.05) is 6.07 Å². The summed E-state index contributed by atoms with van der Waals surface area (Å²) in [6.45, 7) is 0. The van der Waals surface area contributed by atoms with Crippen LogP contribution in [0.3, 0.4) is 0 Å². The predicted octanol–water partition coefficient (Wildman–Crippen LogP) is 4.40. The summed E-state index contributed by atoms with van der Waals surface area (Å²) in [4.78, 5) is 12.7. The first kappa shape index (κ1) is 16.0. The summed E-state index contributed by atoms with van der Waals surface area (Å²) in [5.74, 6) is 0.582. The van der Waals surface area contributed by atoms with Crippen molar-refractivity contribution in [3.63, 3.8) is 0 Å². The van der Waals surface area contributed by atoms with E-state index in [1.165, 1.54) is 24.3 Å². The fraction of sp³-hybridized carbons (Fsp3) is 0.0952. The quantitative estimate of drug-likeness (QED) is 0.483. The summed E-state index contributed by atoms with van der Waals surface area (Å²) in [6.07, 6.45) is 0. The first-order valence-corrected chi connectivity index (χ1v) is 8.84. The molecular weight excluding hydrogens is 368 g/mol. The molecule has 134 valence electrons. The fourth-order valence-electron chi connectivity index (χ4n) is 3.83. The van der Waals surface area contributed by atoms with Gasteiger partial charge in [0.25, 0.3) is 0 Å². The third-order valence-corrected chi connectivity index (χ3v) is 5.30. The maximum Gasteiger partial charge on any atom is 0.340 e. The summed E-state index contributed by atoms with van der Waals surface area (Å²) in [5.41, 5.74) is 1.91. The molecule has 6 heteroatoms. The van der Waals surface area contributed by atoms with Crippen LogP contribution < -0.4 is 4.74 Å². The summed E-state index contributed by atoms with van der Waals surface area (Å²) < 4.78 is 11.9. The summed E-state index contributed by atoms with van der Waals surface area (Å²) in [7, 11) is 0. The van der Waals surface area contributed by atoms with Crippen LogP contribution in [-0.4, -0.2) is 16.2 Å². The van der Waals surface area contributed by atoms with Gasteiger partial charge in [-0.25, -0.2) is 4.79 Å². The number of aromatic hydroxyl groups is 2. The molecule has 2 aliphatic rings. The minimum atomic E-state index is -1.24.